The Morgan fingerprint density at radius 2 is 2.36 bits per heavy atom. The predicted octanol–water partition coefficient (Wildman–Crippen LogP) is 0.763. The van der Waals surface area contributed by atoms with Gasteiger partial charge in [0.2, 0.25) is 0 Å². The molecule has 2 heterocycles. The monoisotopic (exact) mass is 188 g/mol. The fourth-order valence-electron chi connectivity index (χ4n) is 1.66. The van der Waals surface area contributed by atoms with Gasteiger partial charge in [0.25, 0.3) is 0 Å². The second-order valence-electron chi connectivity index (χ2n) is 4.10. The molecule has 4 heteroatoms. The van der Waals surface area contributed by atoms with E-state index in [1.54, 1.807) is 10.7 Å². The van der Waals surface area contributed by atoms with E-state index in [0.29, 0.717) is 0 Å². The van der Waals surface area contributed by atoms with Gasteiger partial charge in [0.1, 0.15) is 0 Å². The van der Waals surface area contributed by atoms with E-state index in [1.165, 1.54) is 0 Å². The summed E-state index contributed by atoms with van der Waals surface area (Å²) in [5.74, 6) is 0. The quantitative estimate of drug-likeness (QED) is 0.757. The third-order valence-corrected chi connectivity index (χ3v) is 2.71. The summed E-state index contributed by atoms with van der Waals surface area (Å²) in [7, 11) is 0. The third kappa shape index (κ3) is 1.28. The number of nitrogens with zero attached hydrogens (tertiary/aromatic N) is 3. The molecule has 0 atom stereocenters. The Balaban J connectivity index is 1.98. The Hall–Kier alpha value is -1.42. The number of aromatic nitrogens is 3. The van der Waals surface area contributed by atoms with Crippen molar-refractivity contribution in [2.75, 3.05) is 0 Å². The van der Waals surface area contributed by atoms with Crippen LogP contribution in [-0.2, 0) is 6.42 Å². The average molecular weight is 188 g/mol. The fourth-order valence-corrected chi connectivity index (χ4v) is 1.66. The smallest absolute Gasteiger partial charge is 0.155 e. The number of fused-ring (bicyclic) bond motifs is 1. The Bertz CT molecular complexity index is 437. The molecule has 1 aliphatic carbocycles. The van der Waals surface area contributed by atoms with Crippen molar-refractivity contribution >= 4 is 5.65 Å². The fraction of sp³-hybridized carbons (Fsp3) is 0.400. The minimum absolute atomic E-state index is 0.0257. The molecule has 1 fully saturated rings. The molecule has 0 spiro atoms. The maximum atomic E-state index is 6.03. The molecule has 3 rings (SSSR count). The van der Waals surface area contributed by atoms with E-state index >= 15 is 0 Å². The molecule has 2 aromatic heterocycles. The van der Waals surface area contributed by atoms with Crippen LogP contribution in [0.1, 0.15) is 18.5 Å². The summed E-state index contributed by atoms with van der Waals surface area (Å²) >= 11 is 0. The maximum absolute atomic E-state index is 6.03. The highest BCUT2D eigenvalue weighted by Gasteiger charge is 2.38. The zero-order valence-corrected chi connectivity index (χ0v) is 7.85. The highest BCUT2D eigenvalue weighted by molar-refractivity contribution is 5.38. The van der Waals surface area contributed by atoms with Gasteiger partial charge in [0.05, 0.1) is 5.69 Å². The van der Waals surface area contributed by atoms with Crippen LogP contribution in [0.25, 0.3) is 5.65 Å². The molecule has 1 aliphatic rings. The van der Waals surface area contributed by atoms with Crippen LogP contribution in [0, 0.1) is 0 Å². The topological polar surface area (TPSA) is 56.2 Å². The average Bonchev–Trinajstić information content (AvgIpc) is 2.77. The van der Waals surface area contributed by atoms with Crippen LogP contribution in [0.2, 0.25) is 0 Å². The van der Waals surface area contributed by atoms with E-state index in [1.807, 2.05) is 18.3 Å². The second-order valence-corrected chi connectivity index (χ2v) is 4.10. The number of rotatable bonds is 2. The van der Waals surface area contributed by atoms with E-state index in [2.05, 4.69) is 10.1 Å². The molecule has 0 amide bonds. The van der Waals surface area contributed by atoms with E-state index in [0.717, 1.165) is 30.6 Å². The van der Waals surface area contributed by atoms with Crippen molar-refractivity contribution in [3.63, 3.8) is 0 Å². The maximum Gasteiger partial charge on any atom is 0.155 e. The largest absolute Gasteiger partial charge is 0.325 e. The van der Waals surface area contributed by atoms with Crippen molar-refractivity contribution in [2.24, 2.45) is 5.73 Å². The van der Waals surface area contributed by atoms with Crippen LogP contribution in [0.4, 0.5) is 0 Å². The molecule has 0 saturated heterocycles. The highest BCUT2D eigenvalue weighted by Crippen LogP contribution is 2.35. The van der Waals surface area contributed by atoms with Crippen molar-refractivity contribution in [1.29, 1.82) is 0 Å². The first-order valence-corrected chi connectivity index (χ1v) is 4.83. The van der Waals surface area contributed by atoms with Gasteiger partial charge >= 0.3 is 0 Å². The first-order valence-electron chi connectivity index (χ1n) is 4.83. The Kier molecular flexibility index (Phi) is 1.44. The molecule has 0 unspecified atom stereocenters. The van der Waals surface area contributed by atoms with E-state index in [-0.39, 0.29) is 5.54 Å². The van der Waals surface area contributed by atoms with Crippen LogP contribution in [0.15, 0.2) is 24.5 Å². The van der Waals surface area contributed by atoms with Crippen molar-refractivity contribution in [3.8, 4) is 0 Å². The van der Waals surface area contributed by atoms with Gasteiger partial charge in [-0.25, -0.2) is 9.50 Å². The molecule has 1 saturated carbocycles. The van der Waals surface area contributed by atoms with Gasteiger partial charge < -0.3 is 5.73 Å². The lowest BCUT2D eigenvalue weighted by Crippen LogP contribution is -2.24. The Labute approximate surface area is 81.8 Å². The molecule has 0 bridgehead atoms. The number of hydrogen-bond donors (Lipinski definition) is 1. The minimum atomic E-state index is 0.0257. The summed E-state index contributed by atoms with van der Waals surface area (Å²) in [6, 6.07) is 3.88. The van der Waals surface area contributed by atoms with E-state index < -0.39 is 0 Å². The lowest BCUT2D eigenvalue weighted by Gasteiger charge is -2.03. The van der Waals surface area contributed by atoms with Gasteiger partial charge in [0, 0.05) is 30.4 Å². The summed E-state index contributed by atoms with van der Waals surface area (Å²) in [6.07, 6.45) is 6.79. The van der Waals surface area contributed by atoms with Gasteiger partial charge in [-0.3, -0.25) is 0 Å². The van der Waals surface area contributed by atoms with E-state index in [9.17, 15) is 0 Å². The SMILES string of the molecule is NC1(Cc2cc3ncccn3n2)CC1. The summed E-state index contributed by atoms with van der Waals surface area (Å²) in [5, 5.41) is 4.41. The van der Waals surface area contributed by atoms with Crippen LogP contribution in [-0.4, -0.2) is 20.1 Å². The van der Waals surface area contributed by atoms with E-state index in [4.69, 9.17) is 5.73 Å². The van der Waals surface area contributed by atoms with Crippen LogP contribution < -0.4 is 5.73 Å². The van der Waals surface area contributed by atoms with Crippen molar-refractivity contribution in [2.45, 2.75) is 24.8 Å². The molecule has 72 valence electrons. The lowest BCUT2D eigenvalue weighted by atomic mass is 10.1. The highest BCUT2D eigenvalue weighted by atomic mass is 15.2. The van der Waals surface area contributed by atoms with Crippen molar-refractivity contribution < 1.29 is 0 Å². The minimum Gasteiger partial charge on any atom is -0.325 e. The Morgan fingerprint density at radius 1 is 1.50 bits per heavy atom. The van der Waals surface area contributed by atoms with Gasteiger partial charge in [-0.05, 0) is 18.9 Å². The van der Waals surface area contributed by atoms with Gasteiger partial charge in [-0.1, -0.05) is 0 Å². The first-order chi connectivity index (χ1) is 6.75. The summed E-state index contributed by atoms with van der Waals surface area (Å²) in [6.45, 7) is 0. The number of nitrogens with two attached hydrogens (primary N) is 1. The first kappa shape index (κ1) is 7.94. The van der Waals surface area contributed by atoms with Crippen LogP contribution >= 0.6 is 0 Å². The van der Waals surface area contributed by atoms with Gasteiger partial charge in [0.15, 0.2) is 5.65 Å². The standard InChI is InChI=1S/C10H12N4/c11-10(2-3-10)7-8-6-9-12-4-1-5-14(9)13-8/h1,4-6H,2-3,7,11H2. The molecule has 2 N–H and O–H groups in total. The molecular formula is C10H12N4. The molecule has 2 aromatic rings. The predicted molar refractivity (Wildman–Crippen MR) is 52.8 cm³/mol. The molecule has 0 aliphatic heterocycles. The zero-order valence-electron chi connectivity index (χ0n) is 7.85. The second kappa shape index (κ2) is 2.54. The molecule has 14 heavy (non-hydrogen) atoms. The van der Waals surface area contributed by atoms with Gasteiger partial charge in [-0.2, -0.15) is 5.10 Å². The van der Waals surface area contributed by atoms with Crippen LogP contribution in [0.5, 0.6) is 0 Å². The lowest BCUT2D eigenvalue weighted by molar-refractivity contribution is 0.653. The summed E-state index contributed by atoms with van der Waals surface area (Å²) < 4.78 is 1.79. The Morgan fingerprint density at radius 3 is 3.07 bits per heavy atom. The molecule has 0 aromatic carbocycles. The van der Waals surface area contributed by atoms with Crippen molar-refractivity contribution in [1.82, 2.24) is 14.6 Å². The number of hydrogen-bond acceptors (Lipinski definition) is 3. The summed E-state index contributed by atoms with van der Waals surface area (Å²) in [4.78, 5) is 4.21. The summed E-state index contributed by atoms with van der Waals surface area (Å²) in [5.41, 5.74) is 8.00. The normalized spacial score (nSPS) is 18.6. The van der Waals surface area contributed by atoms with Crippen LogP contribution in [0.3, 0.4) is 0 Å². The zero-order chi connectivity index (χ0) is 9.60. The molecule has 0 radical (unpaired) electrons. The molecule has 4 nitrogen and oxygen atoms in total. The van der Waals surface area contributed by atoms with Crippen molar-refractivity contribution in [3.05, 3.63) is 30.2 Å². The van der Waals surface area contributed by atoms with Gasteiger partial charge in [-0.15, -0.1) is 0 Å². The molecular weight excluding hydrogens is 176 g/mol. The third-order valence-electron chi connectivity index (χ3n) is 2.71.